The van der Waals surface area contributed by atoms with E-state index in [1.807, 2.05) is 103 Å². The van der Waals surface area contributed by atoms with Gasteiger partial charge in [0.25, 0.3) is 17.7 Å². The molecule has 11 aromatic rings. The molecule has 6 aromatic heterocycles. The summed E-state index contributed by atoms with van der Waals surface area (Å²) in [5.74, 6) is 5.17. The summed E-state index contributed by atoms with van der Waals surface area (Å²) in [5, 5.41) is 48.9. The first kappa shape index (κ1) is 111. The molecule has 3 aliphatic rings. The van der Waals surface area contributed by atoms with Crippen molar-refractivity contribution in [1.29, 1.82) is 15.8 Å². The monoisotopic (exact) mass is 2010 g/mol. The lowest BCUT2D eigenvalue weighted by atomic mass is 9.96. The van der Waals surface area contributed by atoms with E-state index in [1.54, 1.807) is 54.8 Å². The molecule has 0 spiro atoms. The molecular formula is C118H151N21O3S3. The normalized spacial score (nSPS) is 15.1. The van der Waals surface area contributed by atoms with Gasteiger partial charge in [-0.3, -0.25) is 14.4 Å². The number of aromatic nitrogens is 12. The molecule has 0 bridgehead atoms. The standard InChI is InChI=1S/C41H51N7OS.C40H49N7OS.C37H51N7OS/c1-6-10-18-30(8-3)27-47(28-31(9-4)19-11-7-2)41-45-37(33-22-16-13-17-23-33)39(50-41)44-36-29(5)34(26-42)40(49)48-38(36)43-35(46-48)25-24-32-20-14-12-15-21-32;1-6-10-18-29(8-3)26-46(27-30(9-4)19-11-7-2)40-44-36(32-22-16-13-17-23-32)38(49-40)43-35-28(5)33(25-41)39(48)47-37(35)42-34(45-47)24-31-20-14-12-15-21-31;1-8-12-17-27(10-3)23-43(24-28(11-4)18-13-9-2)37-41-33(29-19-15-14-16-20-29)35(46-37)40-32-26(7)30(22-38)36(45)44-34(32)39-31(42-44)21-25(5)6/h12-17,20-23,30-31H,6-11,18-19,24-25,27-28H2,1-5H3;12-17,20-23,29-30H,6-11,18-19,24,26-27H2,1-5H3;14-16,19-20,25,27-28H,8-13,17-18,21,23-24H2,1-7H3. The SMILES string of the molecule is CCCCC(CC)CN(CC(CC)CCCC)c1nc(-c2ccccc2)c(N=C2C(C)=C(C#N)C(=O)n3nc(CC(C)C)nc32)s1.CCCCC(CC)CN(CC(CC)CCCC)c1nc(-c2ccccc2)c(N=C2C(C)=C(C#N)C(=O)n3nc(CCc4ccccc4)nc32)s1.CCCCC(CC)CN(CC(CC)CCCC)c1nc(-c2ccccc2)c(N=C2C(C)=C(C#N)C(=O)n3nc(Cc4ccccc4)nc32)s1. The van der Waals surface area contributed by atoms with E-state index in [4.69, 9.17) is 44.9 Å². The molecule has 27 heteroatoms. The molecule has 0 saturated carbocycles. The third-order valence-corrected chi connectivity index (χ3v) is 31.2. The van der Waals surface area contributed by atoms with Gasteiger partial charge in [-0.1, -0.05) is 398 Å². The number of aryl methyl sites for hydroxylation is 2. The van der Waals surface area contributed by atoms with E-state index in [9.17, 15) is 30.2 Å². The Morgan fingerprint density at radius 3 is 0.855 bits per heavy atom. The van der Waals surface area contributed by atoms with Gasteiger partial charge in [0, 0.05) is 91.9 Å². The number of benzene rings is 5. The van der Waals surface area contributed by atoms with Crippen LogP contribution in [0.2, 0.25) is 0 Å². The van der Waals surface area contributed by atoms with Crippen molar-refractivity contribution in [3.63, 3.8) is 0 Å². The summed E-state index contributed by atoms with van der Waals surface area (Å²) in [7, 11) is 0. The van der Waals surface area contributed by atoms with E-state index in [1.165, 1.54) is 135 Å². The highest BCUT2D eigenvalue weighted by Gasteiger charge is 2.38. The molecular weight excluding hydrogens is 1860 g/mol. The van der Waals surface area contributed by atoms with Gasteiger partial charge in [-0.15, -0.1) is 15.3 Å². The highest BCUT2D eigenvalue weighted by molar-refractivity contribution is 7.20. The fraction of sp³-hybridized carbons (Fsp3) is 0.492. The molecule has 3 aliphatic heterocycles. The van der Waals surface area contributed by atoms with Crippen molar-refractivity contribution in [2.75, 3.05) is 54.0 Å². The van der Waals surface area contributed by atoms with E-state index < -0.39 is 17.7 Å². The number of aliphatic imine (C=N–C) groups is 3. The van der Waals surface area contributed by atoms with Crippen molar-refractivity contribution in [2.45, 2.75) is 297 Å². The quantitative estimate of drug-likeness (QED) is 0.0342. The number of carbonyl (C=O) groups excluding carboxylic acids is 3. The summed E-state index contributed by atoms with van der Waals surface area (Å²) < 4.78 is 3.77. The largest absolute Gasteiger partial charge is 0.347 e. The van der Waals surface area contributed by atoms with Gasteiger partial charge < -0.3 is 14.7 Å². The van der Waals surface area contributed by atoms with Crippen LogP contribution in [0.15, 0.2) is 200 Å². The van der Waals surface area contributed by atoms with Gasteiger partial charge in [0.05, 0.1) is 0 Å². The van der Waals surface area contributed by atoms with Crippen LogP contribution in [0.1, 0.15) is 332 Å². The lowest BCUT2D eigenvalue weighted by Gasteiger charge is -2.30. The number of fused-ring (bicyclic) bond motifs is 3. The first-order chi connectivity index (χ1) is 70.5. The van der Waals surface area contributed by atoms with Gasteiger partial charge in [0.2, 0.25) is 0 Å². The van der Waals surface area contributed by atoms with Crippen LogP contribution in [-0.2, 0) is 25.7 Å². The molecule has 9 heterocycles. The first-order valence-electron chi connectivity index (χ1n) is 53.7. The number of anilines is 3. The van der Waals surface area contributed by atoms with Crippen molar-refractivity contribution >= 4 is 99.3 Å². The molecule has 6 atom stereocenters. The van der Waals surface area contributed by atoms with Crippen LogP contribution < -0.4 is 14.7 Å². The third kappa shape index (κ3) is 29.3. The molecule has 5 aromatic carbocycles. The summed E-state index contributed by atoms with van der Waals surface area (Å²) >= 11 is 4.76. The number of nitrogens with zero attached hydrogens (tertiary/aromatic N) is 21. The van der Waals surface area contributed by atoms with Crippen LogP contribution in [-0.4, -0.2) is 133 Å². The average molecular weight is 2010 g/mol. The summed E-state index contributed by atoms with van der Waals surface area (Å²) in [6.45, 7) is 42.7. The predicted octanol–water partition coefficient (Wildman–Crippen LogP) is 29.3. The molecule has 24 nitrogen and oxygen atoms in total. The van der Waals surface area contributed by atoms with Crippen LogP contribution >= 0.6 is 34.0 Å². The van der Waals surface area contributed by atoms with Crippen molar-refractivity contribution in [2.24, 2.45) is 56.4 Å². The number of thiazole rings is 3. The number of unbranched alkanes of at least 4 members (excludes halogenated alkanes) is 6. The second-order valence-corrected chi connectivity index (χ2v) is 42.3. The molecule has 0 aliphatic carbocycles. The smallest absolute Gasteiger partial charge is 0.291 e. The Morgan fingerprint density at radius 2 is 0.586 bits per heavy atom. The van der Waals surface area contributed by atoms with Gasteiger partial charge in [-0.25, -0.2) is 44.9 Å². The average Bonchev–Trinajstić information content (AvgIpc) is 1.58. The van der Waals surface area contributed by atoms with Gasteiger partial charge in [-0.2, -0.15) is 29.8 Å². The van der Waals surface area contributed by atoms with E-state index in [0.29, 0.717) is 129 Å². The minimum Gasteiger partial charge on any atom is -0.347 e. The molecule has 6 unspecified atom stereocenters. The number of allylic oxidation sites excluding steroid dienone is 6. The zero-order valence-electron chi connectivity index (χ0n) is 88.9. The summed E-state index contributed by atoms with van der Waals surface area (Å²) in [6, 6.07) is 57.0. The van der Waals surface area contributed by atoms with Crippen LogP contribution in [0.5, 0.6) is 0 Å². The molecule has 0 saturated heterocycles. The van der Waals surface area contributed by atoms with Crippen LogP contribution in [0, 0.1) is 75.4 Å². The molecule has 0 fully saturated rings. The van der Waals surface area contributed by atoms with Gasteiger partial charge in [0.15, 0.2) is 50.3 Å². The van der Waals surface area contributed by atoms with E-state index >= 15 is 0 Å². The number of nitriles is 3. The van der Waals surface area contributed by atoms with Gasteiger partial charge in [-0.05, 0) is 118 Å². The fourth-order valence-electron chi connectivity index (χ4n) is 19.0. The minimum absolute atomic E-state index is 0.0264. The topological polar surface area (TPSA) is 300 Å². The van der Waals surface area contributed by atoms with Crippen molar-refractivity contribution in [3.05, 3.63) is 231 Å². The highest BCUT2D eigenvalue weighted by Crippen LogP contribution is 2.47. The molecule has 14 rings (SSSR count). The number of hydrogen-bond donors (Lipinski definition) is 0. The highest BCUT2D eigenvalue weighted by atomic mass is 32.1. The maximum Gasteiger partial charge on any atom is 0.291 e. The van der Waals surface area contributed by atoms with E-state index in [-0.39, 0.29) is 16.7 Å². The number of rotatable bonds is 52. The lowest BCUT2D eigenvalue weighted by Crippen LogP contribution is -2.34. The second-order valence-electron chi connectivity index (χ2n) is 39.4. The molecule has 145 heavy (non-hydrogen) atoms. The van der Waals surface area contributed by atoms with Crippen molar-refractivity contribution in [3.8, 4) is 52.0 Å². The predicted molar refractivity (Wildman–Crippen MR) is 596 cm³/mol. The molecule has 0 amide bonds. The second kappa shape index (κ2) is 56.3. The molecule has 0 N–H and O–H groups in total. The Labute approximate surface area is 873 Å². The number of hydrogen-bond acceptors (Lipinski definition) is 24. The van der Waals surface area contributed by atoms with Crippen molar-refractivity contribution in [1.82, 2.24) is 59.2 Å². The van der Waals surface area contributed by atoms with Crippen molar-refractivity contribution < 1.29 is 14.4 Å². The maximum absolute atomic E-state index is 13.4. The van der Waals surface area contributed by atoms with E-state index in [2.05, 4.69) is 194 Å². The Morgan fingerprint density at radius 1 is 0.331 bits per heavy atom. The number of carbonyl (C=O) groups is 3. The Balaban J connectivity index is 0.000000194. The van der Waals surface area contributed by atoms with Crippen LogP contribution in [0.25, 0.3) is 33.8 Å². The van der Waals surface area contributed by atoms with E-state index in [0.717, 1.165) is 154 Å². The third-order valence-electron chi connectivity index (χ3n) is 28.1. The van der Waals surface area contributed by atoms with Crippen LogP contribution in [0.3, 0.4) is 0 Å². The first-order valence-corrected chi connectivity index (χ1v) is 56.1. The Kier molecular flexibility index (Phi) is 43.2. The fourth-order valence-corrected chi connectivity index (χ4v) is 21.9. The zero-order valence-corrected chi connectivity index (χ0v) is 91.3. The Bertz CT molecular complexity index is 6330. The molecule has 764 valence electrons. The van der Waals surface area contributed by atoms with Crippen LogP contribution in [0.4, 0.5) is 30.4 Å². The summed E-state index contributed by atoms with van der Waals surface area (Å²) in [5.41, 5.74) is 10.6. The van der Waals surface area contributed by atoms with Gasteiger partial charge in [0.1, 0.15) is 84.1 Å². The lowest BCUT2D eigenvalue weighted by molar-refractivity contribution is 0.0933. The minimum atomic E-state index is -0.476. The van der Waals surface area contributed by atoms with Gasteiger partial charge >= 0.3 is 0 Å². The Hall–Kier alpha value is -12.5. The maximum atomic E-state index is 13.4. The summed E-state index contributed by atoms with van der Waals surface area (Å²) in [6.07, 6.45) is 31.0. The zero-order chi connectivity index (χ0) is 103. The summed E-state index contributed by atoms with van der Waals surface area (Å²) in [4.78, 5) is 93.8. The molecule has 0 radical (unpaired) electrons.